The zero-order valence-corrected chi connectivity index (χ0v) is 13.3. The van der Waals surface area contributed by atoms with E-state index in [1.807, 2.05) is 13.8 Å². The molecule has 124 valence electrons. The standard InChI is InChI=1S/C13H19NO7S/c1-8(2)6-9(12(15)16)7-14-22(18,19)11-5-4-10(21-11)13(17)20-3/h4-5,8-9,14H,6-7H2,1-3H3,(H,15,16). The number of aliphatic carboxylic acids is 1. The van der Waals surface area contributed by atoms with Gasteiger partial charge in [-0.3, -0.25) is 4.79 Å². The predicted molar refractivity (Wildman–Crippen MR) is 75.8 cm³/mol. The van der Waals surface area contributed by atoms with E-state index < -0.39 is 33.0 Å². The van der Waals surface area contributed by atoms with Crippen molar-refractivity contribution in [2.24, 2.45) is 11.8 Å². The van der Waals surface area contributed by atoms with Gasteiger partial charge in [0.15, 0.2) is 0 Å². The van der Waals surface area contributed by atoms with Crippen LogP contribution in [-0.4, -0.2) is 39.1 Å². The van der Waals surface area contributed by atoms with Crippen molar-refractivity contribution in [2.45, 2.75) is 25.4 Å². The molecule has 2 N–H and O–H groups in total. The Morgan fingerprint density at radius 1 is 1.36 bits per heavy atom. The highest BCUT2D eigenvalue weighted by Crippen LogP contribution is 2.16. The van der Waals surface area contributed by atoms with Gasteiger partial charge in [0.1, 0.15) is 0 Å². The third-order valence-corrected chi connectivity index (χ3v) is 4.15. The van der Waals surface area contributed by atoms with Crippen LogP contribution >= 0.6 is 0 Å². The van der Waals surface area contributed by atoms with Crippen molar-refractivity contribution in [3.8, 4) is 0 Å². The predicted octanol–water partition coefficient (Wildman–Crippen LogP) is 1.09. The second kappa shape index (κ2) is 7.41. The van der Waals surface area contributed by atoms with Gasteiger partial charge < -0.3 is 14.3 Å². The van der Waals surface area contributed by atoms with Gasteiger partial charge >= 0.3 is 11.9 Å². The monoisotopic (exact) mass is 333 g/mol. The molecule has 9 heteroatoms. The molecule has 0 aromatic carbocycles. The van der Waals surface area contributed by atoms with Crippen LogP contribution in [0.4, 0.5) is 0 Å². The molecule has 0 fully saturated rings. The number of esters is 1. The lowest BCUT2D eigenvalue weighted by Crippen LogP contribution is -2.33. The number of rotatable bonds is 8. The van der Waals surface area contributed by atoms with Gasteiger partial charge in [-0.2, -0.15) is 0 Å². The summed E-state index contributed by atoms with van der Waals surface area (Å²) in [5, 5.41) is 8.61. The number of hydrogen-bond acceptors (Lipinski definition) is 6. The van der Waals surface area contributed by atoms with E-state index in [1.165, 1.54) is 6.07 Å². The van der Waals surface area contributed by atoms with Crippen LogP contribution in [0.2, 0.25) is 0 Å². The van der Waals surface area contributed by atoms with Crippen LogP contribution in [-0.2, 0) is 19.6 Å². The summed E-state index contributed by atoms with van der Waals surface area (Å²) < 4.78 is 35.5. The second-order valence-corrected chi connectivity index (χ2v) is 6.82. The van der Waals surface area contributed by atoms with Gasteiger partial charge in [-0.1, -0.05) is 13.8 Å². The van der Waals surface area contributed by atoms with Gasteiger partial charge in [-0.25, -0.2) is 17.9 Å². The quantitative estimate of drug-likeness (QED) is 0.683. The summed E-state index contributed by atoms with van der Waals surface area (Å²) in [6.07, 6.45) is 0.337. The van der Waals surface area contributed by atoms with Crippen LogP contribution in [0.15, 0.2) is 21.6 Å². The Hall–Kier alpha value is -1.87. The molecule has 0 bridgehead atoms. The lowest BCUT2D eigenvalue weighted by atomic mass is 9.98. The van der Waals surface area contributed by atoms with Gasteiger partial charge in [0, 0.05) is 6.54 Å². The number of carbonyl (C=O) groups excluding carboxylic acids is 1. The van der Waals surface area contributed by atoms with E-state index >= 15 is 0 Å². The summed E-state index contributed by atoms with van der Waals surface area (Å²) >= 11 is 0. The third kappa shape index (κ3) is 4.85. The highest BCUT2D eigenvalue weighted by Gasteiger charge is 2.25. The maximum atomic E-state index is 12.0. The summed E-state index contributed by atoms with van der Waals surface area (Å²) in [6, 6.07) is 2.27. The fourth-order valence-electron chi connectivity index (χ4n) is 1.80. The van der Waals surface area contributed by atoms with Gasteiger partial charge in [0.05, 0.1) is 13.0 Å². The number of furan rings is 1. The third-order valence-electron chi connectivity index (χ3n) is 2.86. The van der Waals surface area contributed by atoms with E-state index in [0.717, 1.165) is 13.2 Å². The minimum absolute atomic E-state index is 0.111. The van der Waals surface area contributed by atoms with Crippen molar-refractivity contribution in [3.63, 3.8) is 0 Å². The molecule has 1 heterocycles. The van der Waals surface area contributed by atoms with Crippen LogP contribution < -0.4 is 4.72 Å². The summed E-state index contributed by atoms with van der Waals surface area (Å²) in [6.45, 7) is 3.43. The van der Waals surface area contributed by atoms with Gasteiger partial charge in [0.25, 0.3) is 10.0 Å². The summed E-state index contributed by atoms with van der Waals surface area (Å²) in [5.74, 6) is -2.86. The van der Waals surface area contributed by atoms with Crippen molar-refractivity contribution in [3.05, 3.63) is 17.9 Å². The highest BCUT2D eigenvalue weighted by atomic mass is 32.2. The first-order valence-corrected chi connectivity index (χ1v) is 8.06. The van der Waals surface area contributed by atoms with Crippen LogP contribution in [0.5, 0.6) is 0 Å². The average Bonchev–Trinajstić information content (AvgIpc) is 2.92. The largest absolute Gasteiger partial charge is 0.481 e. The van der Waals surface area contributed by atoms with Crippen LogP contribution in [0.25, 0.3) is 0 Å². The van der Waals surface area contributed by atoms with Crippen LogP contribution in [0.1, 0.15) is 30.8 Å². The fourth-order valence-corrected chi connectivity index (χ4v) is 2.81. The second-order valence-electron chi connectivity index (χ2n) is 5.13. The topological polar surface area (TPSA) is 123 Å². The first-order valence-electron chi connectivity index (χ1n) is 6.58. The molecule has 0 spiro atoms. The molecule has 0 amide bonds. The SMILES string of the molecule is COC(=O)c1ccc(S(=O)(=O)NCC(CC(C)C)C(=O)O)o1. The van der Waals surface area contributed by atoms with Crippen molar-refractivity contribution in [2.75, 3.05) is 13.7 Å². The summed E-state index contributed by atoms with van der Waals surface area (Å²) in [7, 11) is -2.89. The summed E-state index contributed by atoms with van der Waals surface area (Å²) in [4.78, 5) is 22.3. The molecule has 0 radical (unpaired) electrons. The molecule has 1 atom stereocenters. The van der Waals surface area contributed by atoms with Crippen molar-refractivity contribution in [1.29, 1.82) is 0 Å². The molecule has 0 aliphatic heterocycles. The first kappa shape index (κ1) is 18.2. The number of carboxylic acids is 1. The Bertz CT molecular complexity index is 633. The normalized spacial score (nSPS) is 13.1. The lowest BCUT2D eigenvalue weighted by molar-refractivity contribution is -0.142. The molecule has 1 unspecified atom stereocenters. The van der Waals surface area contributed by atoms with Crippen LogP contribution in [0.3, 0.4) is 0 Å². The molecule has 0 saturated heterocycles. The number of hydrogen-bond donors (Lipinski definition) is 2. The Kier molecular flexibility index (Phi) is 6.12. The minimum atomic E-state index is -4.03. The molecule has 8 nitrogen and oxygen atoms in total. The van der Waals surface area contributed by atoms with Gasteiger partial charge in [-0.05, 0) is 24.5 Å². The van der Waals surface area contributed by atoms with E-state index in [2.05, 4.69) is 9.46 Å². The maximum Gasteiger partial charge on any atom is 0.374 e. The zero-order chi connectivity index (χ0) is 16.9. The molecule has 0 aliphatic carbocycles. The molecule has 1 rings (SSSR count). The molecular formula is C13H19NO7S. The molecule has 1 aromatic heterocycles. The number of methoxy groups -OCH3 is 1. The van der Waals surface area contributed by atoms with E-state index in [1.54, 1.807) is 0 Å². The minimum Gasteiger partial charge on any atom is -0.481 e. The number of nitrogens with one attached hydrogen (secondary N) is 1. The number of ether oxygens (including phenoxy) is 1. The number of carbonyl (C=O) groups is 2. The fraction of sp³-hybridized carbons (Fsp3) is 0.538. The Morgan fingerprint density at radius 3 is 2.50 bits per heavy atom. The van der Waals surface area contributed by atoms with Crippen molar-refractivity contribution >= 4 is 22.0 Å². The number of sulfonamides is 1. The Morgan fingerprint density at radius 2 is 2.00 bits per heavy atom. The highest BCUT2D eigenvalue weighted by molar-refractivity contribution is 7.89. The smallest absolute Gasteiger partial charge is 0.374 e. The van der Waals surface area contributed by atoms with E-state index in [4.69, 9.17) is 9.52 Å². The molecule has 1 aromatic rings. The zero-order valence-electron chi connectivity index (χ0n) is 12.5. The Labute approximate surface area is 128 Å². The van der Waals surface area contributed by atoms with Crippen molar-refractivity contribution < 1.29 is 32.3 Å². The maximum absolute atomic E-state index is 12.0. The molecular weight excluding hydrogens is 314 g/mol. The molecule has 0 saturated carbocycles. The summed E-state index contributed by atoms with van der Waals surface area (Å²) in [5.41, 5.74) is 0. The number of carboxylic acid groups (broad SMARTS) is 1. The van der Waals surface area contributed by atoms with Crippen molar-refractivity contribution in [1.82, 2.24) is 4.72 Å². The molecule has 22 heavy (non-hydrogen) atoms. The van der Waals surface area contributed by atoms with Gasteiger partial charge in [-0.15, -0.1) is 0 Å². The molecule has 0 aliphatic rings. The Balaban J connectivity index is 2.80. The van der Waals surface area contributed by atoms with E-state index in [0.29, 0.717) is 6.42 Å². The van der Waals surface area contributed by atoms with Gasteiger partial charge in [0.2, 0.25) is 10.9 Å². The van der Waals surface area contributed by atoms with E-state index in [9.17, 15) is 18.0 Å². The first-order chi connectivity index (χ1) is 10.2. The lowest BCUT2D eigenvalue weighted by Gasteiger charge is -2.14. The van der Waals surface area contributed by atoms with Crippen LogP contribution in [0, 0.1) is 11.8 Å². The van der Waals surface area contributed by atoms with E-state index in [-0.39, 0.29) is 18.2 Å². The average molecular weight is 333 g/mol.